The standard InChI is InChI=1S/C32H43N7O8/c40-19-5-4-12-24(31(44)36-15-17-37(18-16-36)32(45)46)34-29(42)25-20-28(39(35-25)23-10-2-1-3-11-23)47-21-27(41)38-14-7-13-26(38)30(43)33-22-8-6-9-22/h1-3,10-11,20,22,24,26,40H,4-9,12-19,21H2,(H,33,43)(H,34,42)(H,45,46). The minimum Gasteiger partial charge on any atom is -0.467 e. The molecule has 2 aliphatic heterocycles. The Morgan fingerprint density at radius 3 is 2.32 bits per heavy atom. The largest absolute Gasteiger partial charge is 0.467 e. The van der Waals surface area contributed by atoms with Crippen LogP contribution in [0.15, 0.2) is 36.4 Å². The number of nitrogens with one attached hydrogen (secondary N) is 2. The van der Waals surface area contributed by atoms with Crippen LogP contribution in [-0.2, 0) is 14.4 Å². The van der Waals surface area contributed by atoms with Crippen molar-refractivity contribution >= 4 is 29.7 Å². The Morgan fingerprint density at radius 2 is 1.66 bits per heavy atom. The third-order valence-corrected chi connectivity index (χ3v) is 8.95. The number of hydrogen-bond donors (Lipinski definition) is 4. The summed E-state index contributed by atoms with van der Waals surface area (Å²) in [7, 11) is 0. The van der Waals surface area contributed by atoms with Crippen molar-refractivity contribution in [2.75, 3.05) is 45.9 Å². The van der Waals surface area contributed by atoms with Gasteiger partial charge in [-0.15, -0.1) is 0 Å². The smallest absolute Gasteiger partial charge is 0.407 e. The number of ether oxygens (including phenoxy) is 1. The van der Waals surface area contributed by atoms with Crippen molar-refractivity contribution in [1.82, 2.24) is 35.1 Å². The summed E-state index contributed by atoms with van der Waals surface area (Å²) in [5.41, 5.74) is 0.547. The predicted octanol–water partition coefficient (Wildman–Crippen LogP) is 0.994. The number of carbonyl (C=O) groups excluding carboxylic acids is 4. The van der Waals surface area contributed by atoms with E-state index in [9.17, 15) is 34.2 Å². The van der Waals surface area contributed by atoms with E-state index in [0.29, 0.717) is 37.9 Å². The maximum Gasteiger partial charge on any atom is 0.407 e. The van der Waals surface area contributed by atoms with Gasteiger partial charge in [0.2, 0.25) is 17.7 Å². The van der Waals surface area contributed by atoms with Crippen molar-refractivity contribution in [2.24, 2.45) is 0 Å². The fourth-order valence-electron chi connectivity index (χ4n) is 6.03. The summed E-state index contributed by atoms with van der Waals surface area (Å²) in [5.74, 6) is -1.32. The van der Waals surface area contributed by atoms with Crippen LogP contribution in [-0.4, -0.2) is 128 Å². The molecule has 2 atom stereocenters. The monoisotopic (exact) mass is 653 g/mol. The molecule has 2 saturated heterocycles. The number of carbonyl (C=O) groups is 5. The number of piperazine rings is 1. The van der Waals surface area contributed by atoms with E-state index in [4.69, 9.17) is 4.74 Å². The highest BCUT2D eigenvalue weighted by Gasteiger charge is 2.36. The van der Waals surface area contributed by atoms with Gasteiger partial charge < -0.3 is 40.3 Å². The second-order valence-corrected chi connectivity index (χ2v) is 12.1. The first-order valence-corrected chi connectivity index (χ1v) is 16.3. The highest BCUT2D eigenvalue weighted by molar-refractivity contribution is 5.96. The summed E-state index contributed by atoms with van der Waals surface area (Å²) in [6, 6.07) is 9.06. The van der Waals surface area contributed by atoms with Crippen LogP contribution < -0.4 is 15.4 Å². The van der Waals surface area contributed by atoms with Crippen LogP contribution in [0.25, 0.3) is 5.69 Å². The molecule has 2 aromatic rings. The first-order valence-electron chi connectivity index (χ1n) is 16.3. The van der Waals surface area contributed by atoms with Crippen LogP contribution >= 0.6 is 0 Å². The number of unbranched alkanes of at least 4 members (excludes halogenated alkanes) is 1. The van der Waals surface area contributed by atoms with Gasteiger partial charge in [0.05, 0.1) is 5.69 Å². The number of hydrogen-bond acceptors (Lipinski definition) is 8. The molecule has 1 aliphatic carbocycles. The third kappa shape index (κ3) is 8.39. The quantitative estimate of drug-likeness (QED) is 0.229. The Kier molecular flexibility index (Phi) is 11.3. The lowest BCUT2D eigenvalue weighted by atomic mass is 9.93. The molecular weight excluding hydrogens is 610 g/mol. The zero-order chi connectivity index (χ0) is 33.3. The molecule has 0 radical (unpaired) electrons. The van der Waals surface area contributed by atoms with Crippen LogP contribution in [0.5, 0.6) is 5.88 Å². The number of nitrogens with zero attached hydrogens (tertiary/aromatic N) is 5. The van der Waals surface area contributed by atoms with Crippen molar-refractivity contribution < 1.29 is 38.9 Å². The summed E-state index contributed by atoms with van der Waals surface area (Å²) in [4.78, 5) is 68.7. The molecule has 3 aliphatic rings. The lowest BCUT2D eigenvalue weighted by Gasteiger charge is -2.35. The topological polar surface area (TPSA) is 187 Å². The van der Waals surface area contributed by atoms with Crippen LogP contribution in [0, 0.1) is 0 Å². The summed E-state index contributed by atoms with van der Waals surface area (Å²) in [5, 5.41) is 28.8. The number of carboxylic acid groups (broad SMARTS) is 1. The summed E-state index contributed by atoms with van der Waals surface area (Å²) in [6.45, 7) is 0.769. The fraction of sp³-hybridized carbons (Fsp3) is 0.562. The molecule has 0 spiro atoms. The summed E-state index contributed by atoms with van der Waals surface area (Å²) < 4.78 is 7.34. The minimum absolute atomic E-state index is 0.0362. The van der Waals surface area contributed by atoms with Gasteiger partial charge >= 0.3 is 6.09 Å². The SMILES string of the molecule is O=C(NC(CCCCO)C(=O)N1CCN(C(=O)O)CC1)c1cc(OCC(=O)N2CCCC2C(=O)NC2CCC2)n(-c2ccccc2)n1. The number of aliphatic hydroxyl groups is 1. The van der Waals surface area contributed by atoms with Crippen molar-refractivity contribution in [3.63, 3.8) is 0 Å². The van der Waals surface area contributed by atoms with Crippen molar-refractivity contribution in [3.8, 4) is 11.6 Å². The average molecular weight is 654 g/mol. The van der Waals surface area contributed by atoms with Crippen molar-refractivity contribution in [3.05, 3.63) is 42.1 Å². The van der Waals surface area contributed by atoms with E-state index in [2.05, 4.69) is 15.7 Å². The molecule has 15 nitrogen and oxygen atoms in total. The maximum atomic E-state index is 13.5. The molecule has 1 aromatic heterocycles. The minimum atomic E-state index is -1.05. The molecule has 15 heteroatoms. The highest BCUT2D eigenvalue weighted by Crippen LogP contribution is 2.24. The zero-order valence-electron chi connectivity index (χ0n) is 26.4. The molecule has 1 aromatic carbocycles. The molecule has 5 amide bonds. The van der Waals surface area contributed by atoms with Gasteiger partial charge in [-0.2, -0.15) is 5.10 Å². The summed E-state index contributed by atoms with van der Waals surface area (Å²) in [6.07, 6.45) is 4.45. The fourth-order valence-corrected chi connectivity index (χ4v) is 6.03. The second-order valence-electron chi connectivity index (χ2n) is 12.1. The number of aromatic nitrogens is 2. The van der Waals surface area contributed by atoms with Crippen molar-refractivity contribution in [1.29, 1.82) is 0 Å². The summed E-state index contributed by atoms with van der Waals surface area (Å²) >= 11 is 0. The number of benzene rings is 1. The normalized spacial score (nSPS) is 18.7. The second kappa shape index (κ2) is 15.8. The maximum absolute atomic E-state index is 13.5. The van der Waals surface area contributed by atoms with Gasteiger partial charge in [-0.05, 0) is 63.5 Å². The lowest BCUT2D eigenvalue weighted by Crippen LogP contribution is -2.55. The van der Waals surface area contributed by atoms with E-state index in [1.54, 1.807) is 29.2 Å². The number of likely N-dealkylation sites (tertiary alicyclic amines) is 1. The highest BCUT2D eigenvalue weighted by atomic mass is 16.5. The van der Waals surface area contributed by atoms with E-state index in [0.717, 1.165) is 19.3 Å². The van der Waals surface area contributed by atoms with E-state index in [1.807, 2.05) is 6.07 Å². The van der Waals surface area contributed by atoms with Crippen LogP contribution in [0.1, 0.15) is 61.9 Å². The first-order chi connectivity index (χ1) is 22.7. The van der Waals surface area contributed by atoms with Crippen LogP contribution in [0.4, 0.5) is 4.79 Å². The Morgan fingerprint density at radius 1 is 0.936 bits per heavy atom. The Balaban J connectivity index is 1.28. The number of rotatable bonds is 13. The predicted molar refractivity (Wildman–Crippen MR) is 168 cm³/mol. The van der Waals surface area contributed by atoms with Crippen LogP contribution in [0.2, 0.25) is 0 Å². The van der Waals surface area contributed by atoms with Gasteiger partial charge in [0.25, 0.3) is 11.8 Å². The molecule has 1 saturated carbocycles. The number of para-hydroxylation sites is 1. The average Bonchev–Trinajstić information content (AvgIpc) is 3.73. The van der Waals surface area contributed by atoms with Gasteiger partial charge in [-0.25, -0.2) is 9.48 Å². The molecule has 4 N–H and O–H groups in total. The number of aliphatic hydroxyl groups excluding tert-OH is 1. The van der Waals surface area contributed by atoms with Gasteiger partial charge in [0, 0.05) is 51.4 Å². The third-order valence-electron chi connectivity index (χ3n) is 8.95. The zero-order valence-corrected chi connectivity index (χ0v) is 26.4. The van der Waals surface area contributed by atoms with Gasteiger partial charge in [-0.3, -0.25) is 19.2 Å². The van der Waals surface area contributed by atoms with Gasteiger partial charge in [-0.1, -0.05) is 18.2 Å². The molecular formula is C32H43N7O8. The van der Waals surface area contributed by atoms with Gasteiger partial charge in [0.1, 0.15) is 12.1 Å². The van der Waals surface area contributed by atoms with E-state index >= 15 is 0 Å². The molecule has 47 heavy (non-hydrogen) atoms. The van der Waals surface area contributed by atoms with Gasteiger partial charge in [0.15, 0.2) is 12.3 Å². The van der Waals surface area contributed by atoms with E-state index in [1.165, 1.54) is 20.5 Å². The molecule has 3 heterocycles. The molecule has 5 rings (SSSR count). The Labute approximate surface area is 272 Å². The van der Waals surface area contributed by atoms with Crippen LogP contribution in [0.3, 0.4) is 0 Å². The Hall–Kier alpha value is -4.66. The lowest BCUT2D eigenvalue weighted by molar-refractivity contribution is -0.140. The molecule has 3 fully saturated rings. The van der Waals surface area contributed by atoms with E-state index < -0.39 is 24.1 Å². The number of amides is 5. The molecule has 2 unspecified atom stereocenters. The molecule has 254 valence electrons. The van der Waals surface area contributed by atoms with Crippen molar-refractivity contribution in [2.45, 2.75) is 69.5 Å². The molecule has 0 bridgehead atoms. The van der Waals surface area contributed by atoms with E-state index in [-0.39, 0.29) is 81.2 Å². The Bertz CT molecular complexity index is 1420. The first kappa shape index (κ1) is 33.7.